The van der Waals surface area contributed by atoms with Crippen LogP contribution in [0.5, 0.6) is 0 Å². The molecule has 0 atom stereocenters. The van der Waals surface area contributed by atoms with Crippen LogP contribution in [0.15, 0.2) is 44.7 Å². The van der Waals surface area contributed by atoms with Crippen molar-refractivity contribution in [2.45, 2.75) is 6.54 Å². The lowest BCUT2D eigenvalue weighted by Gasteiger charge is -2.03. The third-order valence-corrected chi connectivity index (χ3v) is 4.87. The van der Waals surface area contributed by atoms with E-state index in [9.17, 15) is 4.79 Å². The molecule has 0 aliphatic rings. The Labute approximate surface area is 143 Å². The molecule has 0 unspecified atom stereocenters. The number of carbonyl (C=O) groups is 1. The van der Waals surface area contributed by atoms with Crippen LogP contribution in [0.3, 0.4) is 0 Å². The number of thiophene rings is 1. The molecule has 5 nitrogen and oxygen atoms in total. The molecule has 0 saturated carbocycles. The first-order valence-corrected chi connectivity index (χ1v) is 8.28. The molecule has 3 rings (SSSR count). The number of nitrogens with one attached hydrogen (secondary N) is 1. The fourth-order valence-corrected chi connectivity index (χ4v) is 2.87. The van der Waals surface area contributed by atoms with Crippen LogP contribution >= 0.6 is 38.9 Å². The molecule has 22 heavy (non-hydrogen) atoms. The van der Waals surface area contributed by atoms with Crippen molar-refractivity contribution in [1.82, 2.24) is 15.5 Å². The smallest absolute Gasteiger partial charge is 0.251 e. The molecule has 1 N–H and O–H groups in total. The third-order valence-electron chi connectivity index (χ3n) is 2.79. The highest BCUT2D eigenvalue weighted by atomic mass is 79.9. The molecule has 3 aromatic rings. The van der Waals surface area contributed by atoms with E-state index in [1.54, 1.807) is 18.2 Å². The number of amides is 1. The minimum Gasteiger partial charge on any atom is -0.343 e. The van der Waals surface area contributed by atoms with E-state index < -0.39 is 0 Å². The van der Waals surface area contributed by atoms with Crippen LogP contribution < -0.4 is 5.32 Å². The van der Waals surface area contributed by atoms with Crippen molar-refractivity contribution in [2.75, 3.05) is 0 Å². The molecule has 1 aromatic carbocycles. The predicted molar refractivity (Wildman–Crippen MR) is 87.9 cm³/mol. The van der Waals surface area contributed by atoms with E-state index in [4.69, 9.17) is 16.1 Å². The molecule has 0 spiro atoms. The molecule has 0 saturated heterocycles. The van der Waals surface area contributed by atoms with Crippen LogP contribution in [0.2, 0.25) is 5.02 Å². The lowest BCUT2D eigenvalue weighted by Crippen LogP contribution is -2.22. The highest BCUT2D eigenvalue weighted by Crippen LogP contribution is 2.23. The van der Waals surface area contributed by atoms with Gasteiger partial charge in [-0.05, 0) is 45.6 Å². The first kappa shape index (κ1) is 15.2. The van der Waals surface area contributed by atoms with E-state index >= 15 is 0 Å². The lowest BCUT2D eigenvalue weighted by molar-refractivity contribution is 0.0946. The summed E-state index contributed by atoms with van der Waals surface area (Å²) in [7, 11) is 0. The Morgan fingerprint density at radius 1 is 1.41 bits per heavy atom. The monoisotopic (exact) mass is 397 g/mol. The van der Waals surface area contributed by atoms with E-state index in [1.807, 2.05) is 17.5 Å². The molecule has 0 fully saturated rings. The average Bonchev–Trinajstić information content (AvgIpc) is 3.18. The third kappa shape index (κ3) is 3.37. The summed E-state index contributed by atoms with van der Waals surface area (Å²) in [6, 6.07) is 8.78. The van der Waals surface area contributed by atoms with Crippen LogP contribution in [0.4, 0.5) is 0 Å². The second-order valence-electron chi connectivity index (χ2n) is 4.30. The summed E-state index contributed by atoms with van der Waals surface area (Å²) in [6.45, 7) is 0.164. The molecule has 112 valence electrons. The van der Waals surface area contributed by atoms with Gasteiger partial charge in [0.15, 0.2) is 0 Å². The number of hydrogen-bond acceptors (Lipinski definition) is 5. The molecular formula is C14H9BrClN3O2S. The van der Waals surface area contributed by atoms with E-state index in [2.05, 4.69) is 31.4 Å². The molecular weight excluding hydrogens is 390 g/mol. The fourth-order valence-electron chi connectivity index (χ4n) is 1.73. The second kappa shape index (κ2) is 6.60. The molecule has 0 bridgehead atoms. The van der Waals surface area contributed by atoms with Crippen molar-refractivity contribution in [3.63, 3.8) is 0 Å². The molecule has 1 amide bonds. The zero-order valence-corrected chi connectivity index (χ0v) is 14.2. The Morgan fingerprint density at radius 3 is 3.00 bits per heavy atom. The summed E-state index contributed by atoms with van der Waals surface area (Å²) in [5.41, 5.74) is 0.495. The summed E-state index contributed by atoms with van der Waals surface area (Å²) in [5.74, 6) is 0.631. The number of aromatic nitrogens is 2. The van der Waals surface area contributed by atoms with Gasteiger partial charge in [-0.3, -0.25) is 4.79 Å². The standard InChI is InChI=1S/C14H9BrClN3O2S/c15-9-6-8(3-4-10(9)16)14(20)17-7-12-18-13(19-21-12)11-2-1-5-22-11/h1-6H,7H2,(H,17,20). The van der Waals surface area contributed by atoms with E-state index in [1.165, 1.54) is 11.3 Å². The Hall–Kier alpha value is -1.70. The van der Waals surface area contributed by atoms with Crippen LogP contribution in [0, 0.1) is 0 Å². The van der Waals surface area contributed by atoms with Gasteiger partial charge >= 0.3 is 0 Å². The zero-order valence-electron chi connectivity index (χ0n) is 11.0. The van der Waals surface area contributed by atoms with Crippen molar-refractivity contribution in [1.29, 1.82) is 0 Å². The van der Waals surface area contributed by atoms with Crippen molar-refractivity contribution in [3.8, 4) is 10.7 Å². The number of rotatable bonds is 4. The summed E-state index contributed by atoms with van der Waals surface area (Å²) in [6.07, 6.45) is 0. The number of nitrogens with zero attached hydrogens (tertiary/aromatic N) is 2. The van der Waals surface area contributed by atoms with Crippen molar-refractivity contribution >= 4 is 44.8 Å². The molecule has 0 aliphatic carbocycles. The maximum Gasteiger partial charge on any atom is 0.251 e. The first-order valence-electron chi connectivity index (χ1n) is 6.23. The van der Waals surface area contributed by atoms with Crippen LogP contribution in [-0.4, -0.2) is 16.0 Å². The highest BCUT2D eigenvalue weighted by Gasteiger charge is 2.12. The largest absolute Gasteiger partial charge is 0.343 e. The van der Waals surface area contributed by atoms with Gasteiger partial charge in [-0.25, -0.2) is 0 Å². The minimum atomic E-state index is -0.242. The topological polar surface area (TPSA) is 68.0 Å². The van der Waals surface area contributed by atoms with Gasteiger partial charge < -0.3 is 9.84 Å². The van der Waals surface area contributed by atoms with Crippen LogP contribution in [0.1, 0.15) is 16.2 Å². The van der Waals surface area contributed by atoms with Crippen molar-refractivity contribution in [3.05, 3.63) is 56.7 Å². The average molecular weight is 399 g/mol. The number of benzene rings is 1. The Balaban J connectivity index is 1.65. The zero-order chi connectivity index (χ0) is 15.5. The molecule has 8 heteroatoms. The SMILES string of the molecule is O=C(NCc1nc(-c2cccs2)no1)c1ccc(Cl)c(Br)c1. The van der Waals surface area contributed by atoms with Gasteiger partial charge in [0.05, 0.1) is 16.4 Å². The molecule has 0 radical (unpaired) electrons. The minimum absolute atomic E-state index is 0.164. The van der Waals surface area contributed by atoms with Gasteiger partial charge in [0, 0.05) is 10.0 Å². The molecule has 0 aliphatic heterocycles. The predicted octanol–water partition coefficient (Wildman–Crippen LogP) is 4.14. The summed E-state index contributed by atoms with van der Waals surface area (Å²) >= 11 is 10.7. The van der Waals surface area contributed by atoms with Crippen LogP contribution in [0.25, 0.3) is 10.7 Å². The van der Waals surface area contributed by atoms with Gasteiger partial charge in [-0.15, -0.1) is 11.3 Å². The lowest BCUT2D eigenvalue weighted by atomic mass is 10.2. The Kier molecular flexibility index (Phi) is 4.56. The normalized spacial score (nSPS) is 10.6. The molecule has 2 aromatic heterocycles. The van der Waals surface area contributed by atoms with Crippen molar-refractivity contribution in [2.24, 2.45) is 0 Å². The summed E-state index contributed by atoms with van der Waals surface area (Å²) < 4.78 is 5.78. The maximum absolute atomic E-state index is 12.1. The van der Waals surface area contributed by atoms with E-state index in [0.29, 0.717) is 26.8 Å². The van der Waals surface area contributed by atoms with Gasteiger partial charge in [-0.1, -0.05) is 22.8 Å². The van der Waals surface area contributed by atoms with Gasteiger partial charge in [-0.2, -0.15) is 4.98 Å². The van der Waals surface area contributed by atoms with E-state index in [-0.39, 0.29) is 12.5 Å². The summed E-state index contributed by atoms with van der Waals surface area (Å²) in [4.78, 5) is 17.2. The highest BCUT2D eigenvalue weighted by molar-refractivity contribution is 9.10. The van der Waals surface area contributed by atoms with Gasteiger partial charge in [0.2, 0.25) is 11.7 Å². The quantitative estimate of drug-likeness (QED) is 0.717. The first-order chi connectivity index (χ1) is 10.6. The summed E-state index contributed by atoms with van der Waals surface area (Å²) in [5, 5.41) is 9.09. The van der Waals surface area contributed by atoms with Crippen molar-refractivity contribution < 1.29 is 9.32 Å². The van der Waals surface area contributed by atoms with Gasteiger partial charge in [0.1, 0.15) is 0 Å². The maximum atomic E-state index is 12.1. The van der Waals surface area contributed by atoms with E-state index in [0.717, 1.165) is 4.88 Å². The van der Waals surface area contributed by atoms with Gasteiger partial charge in [0.25, 0.3) is 5.91 Å². The number of carbonyl (C=O) groups excluding carboxylic acids is 1. The molecule has 2 heterocycles. The number of halogens is 2. The Bertz CT molecular complexity index is 804. The number of hydrogen-bond donors (Lipinski definition) is 1. The fraction of sp³-hybridized carbons (Fsp3) is 0.0714. The Morgan fingerprint density at radius 2 is 2.27 bits per heavy atom. The van der Waals surface area contributed by atoms with Crippen LogP contribution in [-0.2, 0) is 6.54 Å². The second-order valence-corrected chi connectivity index (χ2v) is 6.51.